The molecule has 0 amide bonds. The lowest BCUT2D eigenvalue weighted by Gasteiger charge is -2.73. The molecule has 4 saturated carbocycles. The first kappa shape index (κ1) is 23.7. The van der Waals surface area contributed by atoms with E-state index >= 15 is 0 Å². The number of nitrogens with zero attached hydrogens (tertiary/aromatic N) is 1. The summed E-state index contributed by atoms with van der Waals surface area (Å²) >= 11 is 0. The zero-order chi connectivity index (χ0) is 27.2. The minimum absolute atomic E-state index is 0.00454. The molecule has 5 aliphatic carbocycles. The summed E-state index contributed by atoms with van der Waals surface area (Å²) in [5.74, 6) is 2.18. The molecule has 8 aliphatic rings. The molecule has 0 radical (unpaired) electrons. The Kier molecular flexibility index (Phi) is 4.25. The van der Waals surface area contributed by atoms with Crippen LogP contribution in [0.1, 0.15) is 54.9 Å². The molecule has 3 heterocycles. The number of benzene rings is 3. The highest BCUT2D eigenvalue weighted by Gasteiger charge is 2.91. The molecule has 8 atom stereocenters. The van der Waals surface area contributed by atoms with Gasteiger partial charge in [0.05, 0.1) is 5.60 Å². The van der Waals surface area contributed by atoms with E-state index in [9.17, 15) is 0 Å². The SMILES string of the molecule is CN1CC23C[C@]45c6c2ccc(OCc2ccccc2)c6O[C@H]4[C@@]24CC[C@@]5(CC2[C@@](C)(Cc2ccccc2)OCO4)[C@H]13. The number of ether oxygens (including phenoxy) is 4. The van der Waals surface area contributed by atoms with E-state index in [0.29, 0.717) is 19.4 Å². The molecule has 3 aliphatic heterocycles. The Balaban J connectivity index is 1.13. The molecule has 2 unspecified atom stereocenters. The predicted octanol–water partition coefficient (Wildman–Crippen LogP) is 5.78. The van der Waals surface area contributed by atoms with Gasteiger partial charge in [0.1, 0.15) is 25.1 Å². The number of likely N-dealkylation sites (tertiary alicyclic amines) is 1. The van der Waals surface area contributed by atoms with Crippen LogP contribution in [0, 0.1) is 11.3 Å². The van der Waals surface area contributed by atoms with Gasteiger partial charge in [-0.15, -0.1) is 0 Å². The third-order valence-corrected chi connectivity index (χ3v) is 12.9. The van der Waals surface area contributed by atoms with E-state index in [4.69, 9.17) is 18.9 Å². The van der Waals surface area contributed by atoms with E-state index in [1.54, 1.807) is 0 Å². The molecule has 11 rings (SSSR count). The maximum Gasteiger partial charge on any atom is 0.166 e. The van der Waals surface area contributed by atoms with Gasteiger partial charge in [-0.1, -0.05) is 66.7 Å². The van der Waals surface area contributed by atoms with Crippen molar-refractivity contribution in [1.29, 1.82) is 0 Å². The van der Waals surface area contributed by atoms with Crippen molar-refractivity contribution < 1.29 is 18.9 Å². The van der Waals surface area contributed by atoms with Gasteiger partial charge < -0.3 is 23.8 Å². The van der Waals surface area contributed by atoms with E-state index in [2.05, 4.69) is 91.7 Å². The van der Waals surface area contributed by atoms with Crippen molar-refractivity contribution in [2.45, 2.75) is 79.8 Å². The molecule has 4 spiro atoms. The monoisotopic (exact) mass is 547 g/mol. The summed E-state index contributed by atoms with van der Waals surface area (Å²) in [6, 6.07) is 26.5. The summed E-state index contributed by atoms with van der Waals surface area (Å²) in [6.45, 7) is 4.37. The Hall–Kier alpha value is -2.86. The van der Waals surface area contributed by atoms with Gasteiger partial charge in [-0.05, 0) is 62.4 Å². The first-order valence-electron chi connectivity index (χ1n) is 15.5. The van der Waals surface area contributed by atoms with Gasteiger partial charge in [-0.25, -0.2) is 0 Å². The summed E-state index contributed by atoms with van der Waals surface area (Å²) in [5, 5.41) is 0. The zero-order valence-corrected chi connectivity index (χ0v) is 23.9. The van der Waals surface area contributed by atoms with Crippen LogP contribution in [0.2, 0.25) is 0 Å². The van der Waals surface area contributed by atoms with E-state index < -0.39 is 0 Å². The second-order valence-electron chi connectivity index (χ2n) is 14.5. The molecule has 5 heteroatoms. The van der Waals surface area contributed by atoms with Crippen LogP contribution in [0.5, 0.6) is 11.5 Å². The van der Waals surface area contributed by atoms with Crippen LogP contribution in [-0.2, 0) is 33.3 Å². The van der Waals surface area contributed by atoms with Gasteiger partial charge >= 0.3 is 0 Å². The molecule has 210 valence electrons. The third-order valence-electron chi connectivity index (χ3n) is 12.9. The third kappa shape index (κ3) is 2.47. The van der Waals surface area contributed by atoms with Gasteiger partial charge in [-0.2, -0.15) is 0 Å². The van der Waals surface area contributed by atoms with Crippen LogP contribution < -0.4 is 9.47 Å². The van der Waals surface area contributed by atoms with Crippen molar-refractivity contribution in [3.63, 3.8) is 0 Å². The highest BCUT2D eigenvalue weighted by Crippen LogP contribution is 2.86. The topological polar surface area (TPSA) is 40.2 Å². The first-order valence-corrected chi connectivity index (χ1v) is 15.5. The standard InChI is InChI=1S/C36H37NO4/c1-32(17-23-9-5-3-6-10-23)27-18-34-15-16-36(27,40-22-39-32)31-35(34)20-33(21-37(2)30(33)34)25-13-14-26(29(41-31)28(25)35)38-19-24-11-7-4-8-12-24/h3-14,27,30-31H,15-22H2,1-2H3/t27?,30-,31-,32-,33?,34-,35+,36-/m1/s1. The van der Waals surface area contributed by atoms with Crippen molar-refractivity contribution in [2.24, 2.45) is 11.3 Å². The summed E-state index contributed by atoms with van der Waals surface area (Å²) in [6.07, 6.45) is 5.47. The van der Waals surface area contributed by atoms with Crippen molar-refractivity contribution in [1.82, 2.24) is 4.90 Å². The Morgan fingerprint density at radius 2 is 1.71 bits per heavy atom. The van der Waals surface area contributed by atoms with E-state index in [1.165, 1.54) is 35.1 Å². The van der Waals surface area contributed by atoms with Crippen molar-refractivity contribution >= 4 is 0 Å². The largest absolute Gasteiger partial charge is 0.485 e. The summed E-state index contributed by atoms with van der Waals surface area (Å²) < 4.78 is 27.5. The molecule has 0 aromatic heterocycles. The maximum absolute atomic E-state index is 7.33. The highest BCUT2D eigenvalue weighted by molar-refractivity contribution is 5.71. The number of hydrogen-bond donors (Lipinski definition) is 0. The number of fused-ring (bicyclic) bond motifs is 1. The average Bonchev–Trinajstić information content (AvgIpc) is 3.56. The molecule has 0 N–H and O–H groups in total. The van der Waals surface area contributed by atoms with Crippen LogP contribution >= 0.6 is 0 Å². The summed E-state index contributed by atoms with van der Waals surface area (Å²) in [7, 11) is 2.36. The molecule has 6 fully saturated rings. The molecular weight excluding hydrogens is 510 g/mol. The lowest BCUT2D eigenvalue weighted by Crippen LogP contribution is -2.81. The molecule has 5 nitrogen and oxygen atoms in total. The van der Waals surface area contributed by atoms with E-state index in [1.807, 2.05) is 0 Å². The molecule has 3 aromatic rings. The van der Waals surface area contributed by atoms with Gasteiger partial charge in [0.2, 0.25) is 0 Å². The minimum atomic E-state index is -0.357. The van der Waals surface area contributed by atoms with Crippen molar-refractivity contribution in [3.05, 3.63) is 95.1 Å². The van der Waals surface area contributed by atoms with Crippen LogP contribution in [0.25, 0.3) is 0 Å². The number of rotatable bonds is 5. The normalized spacial score (nSPS) is 43.6. The van der Waals surface area contributed by atoms with Gasteiger partial charge in [-0.3, -0.25) is 0 Å². The minimum Gasteiger partial charge on any atom is -0.485 e. The van der Waals surface area contributed by atoms with Crippen LogP contribution in [0.3, 0.4) is 0 Å². The molecule has 3 aromatic carbocycles. The lowest BCUT2D eigenvalue weighted by molar-refractivity contribution is -0.365. The number of hydrogen-bond acceptors (Lipinski definition) is 5. The number of likely N-dealkylation sites (N-methyl/N-ethyl adjacent to an activating group) is 1. The molecule has 2 saturated heterocycles. The fraction of sp³-hybridized carbons (Fsp3) is 0.500. The Bertz CT molecular complexity index is 1590. The smallest absolute Gasteiger partial charge is 0.166 e. The fourth-order valence-electron chi connectivity index (χ4n) is 12.0. The van der Waals surface area contributed by atoms with Crippen LogP contribution in [0.4, 0.5) is 0 Å². The van der Waals surface area contributed by atoms with Gasteiger partial charge in [0.25, 0.3) is 0 Å². The quantitative estimate of drug-likeness (QED) is 0.405. The zero-order valence-electron chi connectivity index (χ0n) is 23.9. The molecule has 4 bridgehead atoms. The van der Waals surface area contributed by atoms with Crippen molar-refractivity contribution in [2.75, 3.05) is 20.4 Å². The van der Waals surface area contributed by atoms with Gasteiger partial charge in [0, 0.05) is 46.7 Å². The summed E-state index contributed by atoms with van der Waals surface area (Å²) in [5.41, 5.74) is 5.23. The second-order valence-corrected chi connectivity index (χ2v) is 14.5. The summed E-state index contributed by atoms with van der Waals surface area (Å²) in [4.78, 5) is 2.67. The second kappa shape index (κ2) is 7.37. The Labute approximate surface area is 241 Å². The van der Waals surface area contributed by atoms with Crippen LogP contribution in [-0.4, -0.2) is 48.6 Å². The van der Waals surface area contributed by atoms with Gasteiger partial charge in [0.15, 0.2) is 11.5 Å². The average molecular weight is 548 g/mol. The van der Waals surface area contributed by atoms with E-state index in [-0.39, 0.29) is 39.5 Å². The molecule has 41 heavy (non-hydrogen) atoms. The fourth-order valence-corrected chi connectivity index (χ4v) is 12.0. The first-order chi connectivity index (χ1) is 20.0. The van der Waals surface area contributed by atoms with Crippen LogP contribution in [0.15, 0.2) is 72.8 Å². The van der Waals surface area contributed by atoms with Crippen molar-refractivity contribution in [3.8, 4) is 11.5 Å². The molecular formula is C36H37NO4. The maximum atomic E-state index is 7.33. The predicted molar refractivity (Wildman–Crippen MR) is 154 cm³/mol. The Morgan fingerprint density at radius 1 is 0.927 bits per heavy atom. The highest BCUT2D eigenvalue weighted by atomic mass is 16.7. The lowest BCUT2D eigenvalue weighted by atomic mass is 9.37. The van der Waals surface area contributed by atoms with E-state index in [0.717, 1.165) is 37.3 Å². The Morgan fingerprint density at radius 3 is 2.49 bits per heavy atom.